The first-order valence-electron chi connectivity index (χ1n) is 4.21. The van der Waals surface area contributed by atoms with Crippen molar-refractivity contribution in [2.75, 3.05) is 5.73 Å². The topological polar surface area (TPSA) is 95.2 Å². The van der Waals surface area contributed by atoms with Crippen molar-refractivity contribution >= 4 is 17.4 Å². The normalized spacial score (nSPS) is 10.6. The van der Waals surface area contributed by atoms with Crippen LogP contribution in [-0.2, 0) is 0 Å². The number of nitrogens with one attached hydrogen (secondary N) is 1. The first-order chi connectivity index (χ1) is 7.52. The molecule has 0 aliphatic carbocycles. The van der Waals surface area contributed by atoms with Crippen molar-refractivity contribution in [3.63, 3.8) is 0 Å². The number of phenolic OH excluding ortho intramolecular Hbond substituents is 2. The number of halogens is 2. The number of aromatic hydroxyl groups is 2. The van der Waals surface area contributed by atoms with Crippen molar-refractivity contribution < 1.29 is 14.6 Å². The van der Waals surface area contributed by atoms with Gasteiger partial charge in [-0.1, -0.05) is 11.6 Å². The van der Waals surface area contributed by atoms with Crippen molar-refractivity contribution in [1.29, 1.82) is 0 Å². The Morgan fingerprint density at radius 3 is 2.69 bits per heavy atom. The van der Waals surface area contributed by atoms with E-state index in [1.807, 2.05) is 0 Å². The number of nitrogen functional groups attached to an aromatic ring is 1. The third-order valence-corrected chi connectivity index (χ3v) is 2.39. The molecule has 1 aromatic carbocycles. The molecule has 0 aliphatic rings. The van der Waals surface area contributed by atoms with Crippen LogP contribution in [0.25, 0.3) is 11.1 Å². The summed E-state index contributed by atoms with van der Waals surface area (Å²) >= 11 is 5.54. The van der Waals surface area contributed by atoms with Crippen LogP contribution in [0.1, 0.15) is 0 Å². The van der Waals surface area contributed by atoms with Gasteiger partial charge in [-0.15, -0.1) is 0 Å². The van der Waals surface area contributed by atoms with Crippen LogP contribution in [0.4, 0.5) is 10.2 Å². The van der Waals surface area contributed by atoms with Gasteiger partial charge in [-0.3, -0.25) is 5.10 Å². The highest BCUT2D eigenvalue weighted by molar-refractivity contribution is 6.31. The van der Waals surface area contributed by atoms with Crippen molar-refractivity contribution in [2.45, 2.75) is 0 Å². The minimum atomic E-state index is -0.870. The first-order valence-corrected chi connectivity index (χ1v) is 4.59. The van der Waals surface area contributed by atoms with Crippen LogP contribution in [0.5, 0.6) is 11.5 Å². The summed E-state index contributed by atoms with van der Waals surface area (Å²) in [6.07, 6.45) is 1.23. The van der Waals surface area contributed by atoms with E-state index in [0.717, 1.165) is 6.07 Å². The summed E-state index contributed by atoms with van der Waals surface area (Å²) in [6.45, 7) is 0. The predicted octanol–water partition coefficient (Wildman–Crippen LogP) is 1.86. The van der Waals surface area contributed by atoms with Gasteiger partial charge in [0.25, 0.3) is 0 Å². The molecule has 0 spiro atoms. The summed E-state index contributed by atoms with van der Waals surface area (Å²) in [5.74, 6) is -1.96. The Bertz CT molecular complexity index is 530. The van der Waals surface area contributed by atoms with Gasteiger partial charge in [0.2, 0.25) is 0 Å². The zero-order valence-corrected chi connectivity index (χ0v) is 8.59. The summed E-state index contributed by atoms with van der Waals surface area (Å²) in [5.41, 5.74) is 5.34. The lowest BCUT2D eigenvalue weighted by Crippen LogP contribution is -1.92. The number of aromatic amines is 1. The molecular formula is C9H7ClFN3O2. The average molecular weight is 244 g/mol. The molecule has 0 saturated carbocycles. The molecule has 84 valence electrons. The van der Waals surface area contributed by atoms with E-state index in [-0.39, 0.29) is 22.0 Å². The quantitative estimate of drug-likeness (QED) is 0.575. The van der Waals surface area contributed by atoms with E-state index in [9.17, 15) is 14.6 Å². The second-order valence-electron chi connectivity index (χ2n) is 3.11. The average Bonchev–Trinajstić information content (AvgIpc) is 2.63. The smallest absolute Gasteiger partial charge is 0.168 e. The highest BCUT2D eigenvalue weighted by atomic mass is 35.5. The summed E-state index contributed by atoms with van der Waals surface area (Å²) in [4.78, 5) is 0. The van der Waals surface area contributed by atoms with E-state index in [1.54, 1.807) is 0 Å². The molecule has 0 fully saturated rings. The van der Waals surface area contributed by atoms with Gasteiger partial charge in [0, 0.05) is 6.07 Å². The van der Waals surface area contributed by atoms with Gasteiger partial charge < -0.3 is 15.9 Å². The number of anilines is 1. The lowest BCUT2D eigenvalue weighted by molar-refractivity contribution is 0.402. The molecule has 5 N–H and O–H groups in total. The van der Waals surface area contributed by atoms with Gasteiger partial charge in [0.1, 0.15) is 5.82 Å². The Labute approximate surface area is 94.3 Å². The van der Waals surface area contributed by atoms with Crippen LogP contribution in [0, 0.1) is 5.82 Å². The number of nitrogens with zero attached hydrogens (tertiary/aromatic N) is 1. The highest BCUT2D eigenvalue weighted by Crippen LogP contribution is 2.43. The summed E-state index contributed by atoms with van der Waals surface area (Å²) in [7, 11) is 0. The predicted molar refractivity (Wildman–Crippen MR) is 56.7 cm³/mol. The van der Waals surface area contributed by atoms with Gasteiger partial charge in [-0.05, 0) is 0 Å². The van der Waals surface area contributed by atoms with Crippen LogP contribution >= 0.6 is 11.6 Å². The summed E-state index contributed by atoms with van der Waals surface area (Å²) < 4.78 is 13.7. The molecule has 16 heavy (non-hydrogen) atoms. The number of H-pyrrole nitrogens is 1. The lowest BCUT2D eigenvalue weighted by atomic mass is 10.1. The monoisotopic (exact) mass is 243 g/mol. The summed E-state index contributed by atoms with van der Waals surface area (Å²) in [6, 6.07) is 0.909. The fourth-order valence-electron chi connectivity index (χ4n) is 1.34. The molecule has 0 unspecified atom stereocenters. The van der Waals surface area contributed by atoms with Gasteiger partial charge in [0.15, 0.2) is 17.3 Å². The van der Waals surface area contributed by atoms with Crippen molar-refractivity contribution in [3.8, 4) is 22.6 Å². The van der Waals surface area contributed by atoms with E-state index in [2.05, 4.69) is 10.2 Å². The molecule has 0 bridgehead atoms. The number of nitrogens with two attached hydrogens (primary N) is 1. The second kappa shape index (κ2) is 3.57. The van der Waals surface area contributed by atoms with E-state index in [1.165, 1.54) is 6.20 Å². The Morgan fingerprint density at radius 2 is 2.12 bits per heavy atom. The zero-order valence-electron chi connectivity index (χ0n) is 7.83. The molecular weight excluding hydrogens is 237 g/mol. The third-order valence-electron chi connectivity index (χ3n) is 2.11. The SMILES string of the molecule is Nc1[nH]ncc1-c1c(O)c(O)cc(Cl)c1F. The molecule has 7 heteroatoms. The minimum Gasteiger partial charge on any atom is -0.504 e. The number of phenols is 2. The van der Waals surface area contributed by atoms with Gasteiger partial charge in [-0.25, -0.2) is 4.39 Å². The van der Waals surface area contributed by atoms with Gasteiger partial charge >= 0.3 is 0 Å². The van der Waals surface area contributed by atoms with E-state index in [0.29, 0.717) is 0 Å². The van der Waals surface area contributed by atoms with Crippen LogP contribution < -0.4 is 5.73 Å². The molecule has 0 radical (unpaired) electrons. The molecule has 0 aliphatic heterocycles. The molecule has 2 rings (SSSR count). The number of hydrogen-bond donors (Lipinski definition) is 4. The Hall–Kier alpha value is -1.95. The molecule has 1 aromatic heterocycles. The van der Waals surface area contributed by atoms with Crippen LogP contribution in [0.3, 0.4) is 0 Å². The first kappa shape index (κ1) is 10.6. The van der Waals surface area contributed by atoms with Crippen molar-refractivity contribution in [2.24, 2.45) is 0 Å². The van der Waals surface area contributed by atoms with E-state index < -0.39 is 17.3 Å². The van der Waals surface area contributed by atoms with Crippen molar-refractivity contribution in [3.05, 3.63) is 23.1 Å². The fourth-order valence-corrected chi connectivity index (χ4v) is 1.54. The molecule has 1 heterocycles. The number of aromatic nitrogens is 2. The van der Waals surface area contributed by atoms with Crippen LogP contribution in [-0.4, -0.2) is 20.4 Å². The molecule has 2 aromatic rings. The van der Waals surface area contributed by atoms with Gasteiger partial charge in [0.05, 0.1) is 22.3 Å². The molecule has 0 atom stereocenters. The Kier molecular flexibility index (Phi) is 2.35. The summed E-state index contributed by atoms with van der Waals surface area (Å²) in [5, 5.41) is 24.5. The van der Waals surface area contributed by atoms with Gasteiger partial charge in [-0.2, -0.15) is 5.10 Å². The maximum Gasteiger partial charge on any atom is 0.168 e. The maximum atomic E-state index is 13.7. The van der Waals surface area contributed by atoms with Crippen LogP contribution in [0.15, 0.2) is 12.3 Å². The van der Waals surface area contributed by atoms with Crippen molar-refractivity contribution in [1.82, 2.24) is 10.2 Å². The highest BCUT2D eigenvalue weighted by Gasteiger charge is 2.20. The lowest BCUT2D eigenvalue weighted by Gasteiger charge is -2.08. The molecule has 5 nitrogen and oxygen atoms in total. The largest absolute Gasteiger partial charge is 0.504 e. The number of hydrogen-bond acceptors (Lipinski definition) is 4. The van der Waals surface area contributed by atoms with E-state index >= 15 is 0 Å². The third kappa shape index (κ3) is 1.43. The number of benzene rings is 1. The standard InChI is InChI=1S/C9H7ClFN3O2/c10-4-1-5(15)8(16)6(7(4)11)3-2-13-14-9(3)12/h1-2,15-16H,(H3,12,13,14). The van der Waals surface area contributed by atoms with Crippen LogP contribution in [0.2, 0.25) is 5.02 Å². The second-order valence-corrected chi connectivity index (χ2v) is 3.52. The minimum absolute atomic E-state index is 0.0656. The molecule has 0 amide bonds. The zero-order chi connectivity index (χ0) is 11.9. The fraction of sp³-hybridized carbons (Fsp3) is 0. The Morgan fingerprint density at radius 1 is 1.44 bits per heavy atom. The molecule has 0 saturated heterocycles. The Balaban J connectivity index is 2.79. The van der Waals surface area contributed by atoms with E-state index in [4.69, 9.17) is 17.3 Å². The maximum absolute atomic E-state index is 13.7. The number of rotatable bonds is 1.